The van der Waals surface area contributed by atoms with Crippen LogP contribution in [0.1, 0.15) is 22.3 Å². The maximum Gasteiger partial charge on any atom is 0.255 e. The molecule has 2 amide bonds. The summed E-state index contributed by atoms with van der Waals surface area (Å²) in [6, 6.07) is 13.3. The third kappa shape index (κ3) is 4.75. The van der Waals surface area contributed by atoms with Gasteiger partial charge >= 0.3 is 0 Å². The number of amides is 2. The number of hydrogen-bond acceptors (Lipinski definition) is 4. The monoisotopic (exact) mass is 450 g/mol. The van der Waals surface area contributed by atoms with E-state index in [1.54, 1.807) is 36.4 Å². The van der Waals surface area contributed by atoms with Crippen LogP contribution in [0.5, 0.6) is 0 Å². The lowest BCUT2D eigenvalue weighted by molar-refractivity contribution is -0.120. The van der Waals surface area contributed by atoms with E-state index in [-0.39, 0.29) is 24.6 Å². The van der Waals surface area contributed by atoms with Gasteiger partial charge in [-0.1, -0.05) is 34.1 Å². The summed E-state index contributed by atoms with van der Waals surface area (Å²) in [5, 5.41) is 2.78. The molecule has 142 valence electrons. The first kappa shape index (κ1) is 19.6. The Hall–Kier alpha value is -2.19. The fraction of sp³-hybridized carbons (Fsp3) is 0.263. The van der Waals surface area contributed by atoms with E-state index in [0.29, 0.717) is 11.3 Å². The molecule has 1 aliphatic rings. The van der Waals surface area contributed by atoms with Crippen molar-refractivity contribution in [3.8, 4) is 0 Å². The first-order valence-corrected chi connectivity index (χ1v) is 11.2. The predicted molar refractivity (Wildman–Crippen MR) is 107 cm³/mol. The number of fused-ring (bicyclic) bond motifs is 1. The average Bonchev–Trinajstić information content (AvgIpc) is 2.93. The Morgan fingerprint density at radius 2 is 1.85 bits per heavy atom. The van der Waals surface area contributed by atoms with Gasteiger partial charge in [-0.3, -0.25) is 9.59 Å². The summed E-state index contributed by atoms with van der Waals surface area (Å²) in [4.78, 5) is 27.1. The molecule has 0 saturated carbocycles. The summed E-state index contributed by atoms with van der Waals surface area (Å²) in [6.07, 6.45) is 1.16. The second-order valence-electron chi connectivity index (χ2n) is 6.52. The maximum absolute atomic E-state index is 12.9. The van der Waals surface area contributed by atoms with Gasteiger partial charge in [0.2, 0.25) is 5.91 Å². The molecule has 1 heterocycles. The lowest BCUT2D eigenvalue weighted by Gasteiger charge is -2.26. The topological polar surface area (TPSA) is 83.6 Å². The molecule has 0 aliphatic carbocycles. The highest BCUT2D eigenvalue weighted by atomic mass is 79.9. The minimum absolute atomic E-state index is 0.0426. The van der Waals surface area contributed by atoms with Gasteiger partial charge < -0.3 is 10.2 Å². The second-order valence-corrected chi connectivity index (χ2v) is 9.70. The summed E-state index contributed by atoms with van der Waals surface area (Å²) < 4.78 is 24.1. The Balaban J connectivity index is 1.84. The summed E-state index contributed by atoms with van der Waals surface area (Å²) in [7, 11) is -3.27. The number of carbonyl (C=O) groups excluding carboxylic acids is 2. The summed E-state index contributed by atoms with van der Waals surface area (Å²) in [5.41, 5.74) is 1.97. The Morgan fingerprint density at radius 3 is 2.48 bits per heavy atom. The van der Waals surface area contributed by atoms with Crippen molar-refractivity contribution in [3.63, 3.8) is 0 Å². The van der Waals surface area contributed by atoms with Gasteiger partial charge in [0, 0.05) is 28.5 Å². The van der Waals surface area contributed by atoms with Crippen molar-refractivity contribution in [1.82, 2.24) is 4.90 Å². The molecule has 1 aliphatic heterocycles. The van der Waals surface area contributed by atoms with Crippen LogP contribution < -0.4 is 5.32 Å². The minimum atomic E-state index is -3.27. The van der Waals surface area contributed by atoms with Gasteiger partial charge in [-0.25, -0.2) is 8.42 Å². The van der Waals surface area contributed by atoms with E-state index in [0.717, 1.165) is 16.3 Å². The molecule has 2 aromatic rings. The van der Waals surface area contributed by atoms with Crippen LogP contribution in [-0.4, -0.2) is 43.2 Å². The van der Waals surface area contributed by atoms with Crippen LogP contribution in [0.25, 0.3) is 0 Å². The molecule has 0 spiro atoms. The molecule has 0 aromatic heterocycles. The third-order valence-corrected chi connectivity index (χ3v) is 5.91. The van der Waals surface area contributed by atoms with E-state index in [1.165, 1.54) is 4.90 Å². The van der Waals surface area contributed by atoms with E-state index < -0.39 is 21.8 Å². The van der Waals surface area contributed by atoms with Gasteiger partial charge in [0.05, 0.1) is 5.75 Å². The summed E-state index contributed by atoms with van der Waals surface area (Å²) in [6.45, 7) is 0.289. The van der Waals surface area contributed by atoms with Crippen molar-refractivity contribution < 1.29 is 18.0 Å². The van der Waals surface area contributed by atoms with Gasteiger partial charge in [0.1, 0.15) is 15.9 Å². The minimum Gasteiger partial charge on any atom is -0.324 e. The van der Waals surface area contributed by atoms with Crippen LogP contribution in [0.2, 0.25) is 0 Å². The smallest absolute Gasteiger partial charge is 0.255 e. The lowest BCUT2D eigenvalue weighted by Crippen LogP contribution is -2.45. The highest BCUT2D eigenvalue weighted by Gasteiger charge is 2.36. The molecule has 6 nitrogen and oxygen atoms in total. The largest absolute Gasteiger partial charge is 0.324 e. The number of carbonyl (C=O) groups is 2. The zero-order valence-corrected chi connectivity index (χ0v) is 17.1. The molecule has 2 aromatic carbocycles. The van der Waals surface area contributed by atoms with Crippen molar-refractivity contribution in [3.05, 3.63) is 64.1 Å². The molecule has 8 heteroatoms. The van der Waals surface area contributed by atoms with Gasteiger partial charge in [0.15, 0.2) is 0 Å². The van der Waals surface area contributed by atoms with Gasteiger partial charge in [0.25, 0.3) is 5.91 Å². The third-order valence-electron chi connectivity index (χ3n) is 4.40. The van der Waals surface area contributed by atoms with E-state index in [4.69, 9.17) is 0 Å². The predicted octanol–water partition coefficient (Wildman–Crippen LogP) is 2.85. The quantitative estimate of drug-likeness (QED) is 0.732. The summed E-state index contributed by atoms with van der Waals surface area (Å²) >= 11 is 3.33. The molecule has 0 bridgehead atoms. The SMILES string of the molecule is CS(=O)(=O)CCC(C(=O)Nc1ccc(Br)cc1)N1Cc2ccccc2C1=O. The Kier molecular flexibility index (Phi) is 5.67. The fourth-order valence-corrected chi connectivity index (χ4v) is 3.96. The number of rotatable bonds is 6. The van der Waals surface area contributed by atoms with E-state index >= 15 is 0 Å². The summed E-state index contributed by atoms with van der Waals surface area (Å²) in [5.74, 6) is -0.830. The van der Waals surface area contributed by atoms with Crippen LogP contribution in [0, 0.1) is 0 Å². The number of anilines is 1. The van der Waals surface area contributed by atoms with Gasteiger partial charge in [-0.2, -0.15) is 0 Å². The lowest BCUT2D eigenvalue weighted by atomic mass is 10.1. The Morgan fingerprint density at radius 1 is 1.19 bits per heavy atom. The number of sulfone groups is 1. The standard InChI is InChI=1S/C19H19BrN2O4S/c1-27(25,26)11-10-17(18(23)21-15-8-6-14(20)7-9-15)22-12-13-4-2-3-5-16(13)19(22)24/h2-9,17H,10-12H2,1H3,(H,21,23). The number of halogens is 1. The molecule has 3 rings (SSSR count). The maximum atomic E-state index is 12.9. The Bertz CT molecular complexity index is 973. The number of nitrogens with zero attached hydrogens (tertiary/aromatic N) is 1. The van der Waals surface area contributed by atoms with Crippen LogP contribution in [0.15, 0.2) is 53.0 Å². The molecule has 1 N–H and O–H groups in total. The molecule has 0 fully saturated rings. The normalized spacial score (nSPS) is 14.7. The van der Waals surface area contributed by atoms with Gasteiger partial charge in [-0.05, 0) is 42.3 Å². The van der Waals surface area contributed by atoms with Crippen molar-refractivity contribution >= 4 is 43.3 Å². The van der Waals surface area contributed by atoms with Crippen molar-refractivity contribution in [2.75, 3.05) is 17.3 Å². The van der Waals surface area contributed by atoms with Crippen LogP contribution >= 0.6 is 15.9 Å². The zero-order valence-electron chi connectivity index (χ0n) is 14.7. The highest BCUT2D eigenvalue weighted by molar-refractivity contribution is 9.10. The Labute approximate surface area is 166 Å². The molecule has 1 unspecified atom stereocenters. The molecular formula is C19H19BrN2O4S. The number of benzene rings is 2. The zero-order chi connectivity index (χ0) is 19.6. The van der Waals surface area contributed by atoms with Crippen LogP contribution in [0.4, 0.5) is 5.69 Å². The fourth-order valence-electron chi connectivity index (χ4n) is 3.04. The number of nitrogens with one attached hydrogen (secondary N) is 1. The van der Waals surface area contributed by atoms with E-state index in [9.17, 15) is 18.0 Å². The first-order chi connectivity index (χ1) is 12.7. The van der Waals surface area contributed by atoms with Crippen LogP contribution in [-0.2, 0) is 21.2 Å². The van der Waals surface area contributed by atoms with E-state index in [2.05, 4.69) is 21.2 Å². The average molecular weight is 451 g/mol. The van der Waals surface area contributed by atoms with Crippen molar-refractivity contribution in [2.24, 2.45) is 0 Å². The molecule has 0 radical (unpaired) electrons. The van der Waals surface area contributed by atoms with Gasteiger partial charge in [-0.15, -0.1) is 0 Å². The molecule has 27 heavy (non-hydrogen) atoms. The van der Waals surface area contributed by atoms with Crippen molar-refractivity contribution in [2.45, 2.75) is 19.0 Å². The van der Waals surface area contributed by atoms with Crippen molar-refractivity contribution in [1.29, 1.82) is 0 Å². The van der Waals surface area contributed by atoms with Crippen LogP contribution in [0.3, 0.4) is 0 Å². The molecule has 1 atom stereocenters. The molecule has 0 saturated heterocycles. The molecular weight excluding hydrogens is 432 g/mol. The highest BCUT2D eigenvalue weighted by Crippen LogP contribution is 2.26. The second kappa shape index (κ2) is 7.82. The number of hydrogen-bond donors (Lipinski definition) is 1. The van der Waals surface area contributed by atoms with E-state index in [1.807, 2.05) is 12.1 Å². The first-order valence-electron chi connectivity index (χ1n) is 8.37.